The number of hydrogen-bond donors (Lipinski definition) is 1. The number of rotatable bonds is 1. The summed E-state index contributed by atoms with van der Waals surface area (Å²) in [6, 6.07) is 0. The molecule has 0 saturated carbocycles. The largest absolute Gasteiger partial charge is 0.396 e. The lowest BCUT2D eigenvalue weighted by Gasteiger charge is -2.23. The van der Waals surface area contributed by atoms with Gasteiger partial charge in [-0.25, -0.2) is 0 Å². The van der Waals surface area contributed by atoms with Crippen molar-refractivity contribution in [2.24, 2.45) is 11.8 Å². The quantitative estimate of drug-likeness (QED) is 0.613. The molecule has 1 aliphatic rings. The molecular weight excluding hydrogens is 169 g/mol. The molecule has 1 N–H and O–H groups in total. The fourth-order valence-corrected chi connectivity index (χ4v) is 1.30. The van der Waals surface area contributed by atoms with Crippen LogP contribution in [-0.4, -0.2) is 17.9 Å². The highest BCUT2D eigenvalue weighted by molar-refractivity contribution is 5.00. The molecule has 0 saturated heterocycles. The van der Waals surface area contributed by atoms with Gasteiger partial charge in [0.25, 0.3) is 0 Å². The van der Waals surface area contributed by atoms with Crippen molar-refractivity contribution in [2.75, 3.05) is 6.61 Å². The average Bonchev–Trinajstić information content (AvgIpc) is 2.03. The molecule has 1 nitrogen and oxygen atoms in total. The summed E-state index contributed by atoms with van der Waals surface area (Å²) < 4.78 is 36.2. The van der Waals surface area contributed by atoms with Gasteiger partial charge in [0.2, 0.25) is 0 Å². The van der Waals surface area contributed by atoms with Gasteiger partial charge in [-0.3, -0.25) is 0 Å². The molecule has 0 aliphatic heterocycles. The van der Waals surface area contributed by atoms with Gasteiger partial charge < -0.3 is 5.11 Å². The third kappa shape index (κ3) is 2.24. The second kappa shape index (κ2) is 3.47. The Morgan fingerprint density at radius 1 is 1.25 bits per heavy atom. The van der Waals surface area contributed by atoms with E-state index in [0.717, 1.165) is 6.08 Å². The summed E-state index contributed by atoms with van der Waals surface area (Å²) in [6.45, 7) is -0.0545. The normalized spacial score (nSPS) is 30.7. The molecular formula is C8H11F3O. The minimum atomic E-state index is -4.11. The highest BCUT2D eigenvalue weighted by Crippen LogP contribution is 2.35. The third-order valence-electron chi connectivity index (χ3n) is 2.12. The maximum Gasteiger partial charge on any atom is 0.395 e. The van der Waals surface area contributed by atoms with E-state index in [9.17, 15) is 13.2 Å². The fourth-order valence-electron chi connectivity index (χ4n) is 1.30. The Morgan fingerprint density at radius 2 is 1.92 bits per heavy atom. The Kier molecular flexibility index (Phi) is 2.77. The van der Waals surface area contributed by atoms with Gasteiger partial charge in [-0.15, -0.1) is 0 Å². The van der Waals surface area contributed by atoms with Crippen LogP contribution in [0.25, 0.3) is 0 Å². The molecule has 0 aromatic carbocycles. The topological polar surface area (TPSA) is 20.2 Å². The number of allylic oxidation sites excluding steroid dienone is 1. The van der Waals surface area contributed by atoms with Crippen LogP contribution in [0.4, 0.5) is 13.2 Å². The monoisotopic (exact) mass is 180 g/mol. The predicted molar refractivity (Wildman–Crippen MR) is 38.5 cm³/mol. The molecule has 70 valence electrons. The van der Waals surface area contributed by atoms with Crippen molar-refractivity contribution in [1.29, 1.82) is 0 Å². The first kappa shape index (κ1) is 9.58. The van der Waals surface area contributed by atoms with Gasteiger partial charge in [0.15, 0.2) is 0 Å². The molecule has 0 amide bonds. The highest BCUT2D eigenvalue weighted by Gasteiger charge is 2.38. The minimum absolute atomic E-state index is 0.0545. The van der Waals surface area contributed by atoms with Crippen molar-refractivity contribution in [3.8, 4) is 0 Å². The van der Waals surface area contributed by atoms with Crippen LogP contribution in [0.2, 0.25) is 0 Å². The van der Waals surface area contributed by atoms with E-state index in [2.05, 4.69) is 0 Å². The molecule has 0 aromatic rings. The summed E-state index contributed by atoms with van der Waals surface area (Å²) in [5.41, 5.74) is 0. The number of hydrogen-bond acceptors (Lipinski definition) is 1. The lowest BCUT2D eigenvalue weighted by Crippen LogP contribution is -2.24. The van der Waals surface area contributed by atoms with Crippen LogP contribution in [0.5, 0.6) is 0 Å². The van der Waals surface area contributed by atoms with E-state index >= 15 is 0 Å². The second-order valence-electron chi connectivity index (χ2n) is 3.05. The minimum Gasteiger partial charge on any atom is -0.396 e. The fraction of sp³-hybridized carbons (Fsp3) is 0.750. The van der Waals surface area contributed by atoms with Crippen LogP contribution >= 0.6 is 0 Å². The summed E-state index contributed by atoms with van der Waals surface area (Å²) in [5, 5.41) is 8.65. The first-order valence-electron chi connectivity index (χ1n) is 3.90. The zero-order valence-electron chi connectivity index (χ0n) is 6.51. The maximum absolute atomic E-state index is 12.1. The standard InChI is InChI=1S/C8H11F3O/c9-8(10,11)7-3-1-6(5-12)2-4-7/h1,3,6-7,12H,2,4-5H2. The highest BCUT2D eigenvalue weighted by atomic mass is 19.4. The van der Waals surface area contributed by atoms with Gasteiger partial charge >= 0.3 is 6.18 Å². The van der Waals surface area contributed by atoms with Crippen LogP contribution in [0.3, 0.4) is 0 Å². The average molecular weight is 180 g/mol. The van der Waals surface area contributed by atoms with Gasteiger partial charge in [0.05, 0.1) is 5.92 Å². The Bertz CT molecular complexity index is 174. The van der Waals surface area contributed by atoms with Gasteiger partial charge in [-0.2, -0.15) is 13.2 Å². The van der Waals surface area contributed by atoms with E-state index in [4.69, 9.17) is 5.11 Å². The van der Waals surface area contributed by atoms with E-state index in [1.54, 1.807) is 0 Å². The van der Waals surface area contributed by atoms with Gasteiger partial charge in [0.1, 0.15) is 0 Å². The van der Waals surface area contributed by atoms with Crippen molar-refractivity contribution in [2.45, 2.75) is 19.0 Å². The van der Waals surface area contributed by atoms with Crippen LogP contribution in [0.15, 0.2) is 12.2 Å². The molecule has 2 unspecified atom stereocenters. The number of aliphatic hydroxyl groups is 1. The van der Waals surface area contributed by atoms with Crippen LogP contribution < -0.4 is 0 Å². The van der Waals surface area contributed by atoms with Gasteiger partial charge in [-0.1, -0.05) is 12.2 Å². The Balaban J connectivity index is 2.54. The van der Waals surface area contributed by atoms with Crippen molar-refractivity contribution in [3.63, 3.8) is 0 Å². The number of aliphatic hydroxyl groups excluding tert-OH is 1. The molecule has 12 heavy (non-hydrogen) atoms. The molecule has 0 fully saturated rings. The number of alkyl halides is 3. The molecule has 1 rings (SSSR count). The lowest BCUT2D eigenvalue weighted by molar-refractivity contribution is -0.164. The van der Waals surface area contributed by atoms with Crippen molar-refractivity contribution < 1.29 is 18.3 Å². The van der Waals surface area contributed by atoms with Gasteiger partial charge in [-0.05, 0) is 18.8 Å². The summed E-state index contributed by atoms with van der Waals surface area (Å²) >= 11 is 0. The van der Waals surface area contributed by atoms with Gasteiger partial charge in [0, 0.05) is 6.61 Å². The van der Waals surface area contributed by atoms with Crippen LogP contribution in [0.1, 0.15) is 12.8 Å². The summed E-state index contributed by atoms with van der Waals surface area (Å²) in [6.07, 6.45) is -0.967. The lowest BCUT2D eigenvalue weighted by atomic mass is 9.89. The molecule has 2 atom stereocenters. The third-order valence-corrected chi connectivity index (χ3v) is 2.12. The summed E-state index contributed by atoms with van der Waals surface area (Å²) in [7, 11) is 0. The molecule has 0 heterocycles. The SMILES string of the molecule is OCC1C=CC(C(F)(F)F)CC1. The van der Waals surface area contributed by atoms with Crippen LogP contribution in [0, 0.1) is 11.8 Å². The molecule has 1 aliphatic carbocycles. The van der Waals surface area contributed by atoms with E-state index in [0.29, 0.717) is 6.42 Å². The Morgan fingerprint density at radius 3 is 2.25 bits per heavy atom. The smallest absolute Gasteiger partial charge is 0.395 e. The van der Waals surface area contributed by atoms with Crippen LogP contribution in [-0.2, 0) is 0 Å². The Labute approximate surface area is 68.9 Å². The zero-order chi connectivity index (χ0) is 9.19. The molecule has 0 radical (unpaired) electrons. The van der Waals surface area contributed by atoms with Crippen molar-refractivity contribution in [1.82, 2.24) is 0 Å². The molecule has 4 heteroatoms. The van der Waals surface area contributed by atoms with E-state index in [1.165, 1.54) is 6.08 Å². The van der Waals surface area contributed by atoms with E-state index < -0.39 is 12.1 Å². The number of halogens is 3. The molecule has 0 aromatic heterocycles. The van der Waals surface area contributed by atoms with Crippen molar-refractivity contribution in [3.05, 3.63) is 12.2 Å². The molecule has 0 bridgehead atoms. The maximum atomic E-state index is 12.1. The summed E-state index contributed by atoms with van der Waals surface area (Å²) in [4.78, 5) is 0. The van der Waals surface area contributed by atoms with Crippen molar-refractivity contribution >= 4 is 0 Å². The zero-order valence-corrected chi connectivity index (χ0v) is 6.51. The van der Waals surface area contributed by atoms with E-state index in [1.807, 2.05) is 0 Å². The second-order valence-corrected chi connectivity index (χ2v) is 3.05. The Hall–Kier alpha value is -0.510. The summed E-state index contributed by atoms with van der Waals surface area (Å²) in [5.74, 6) is -1.39. The van der Waals surface area contributed by atoms with E-state index in [-0.39, 0.29) is 18.9 Å². The molecule has 0 spiro atoms. The first-order valence-corrected chi connectivity index (χ1v) is 3.90. The first-order chi connectivity index (χ1) is 5.54. The predicted octanol–water partition coefficient (Wildman–Crippen LogP) is 2.12.